The van der Waals surface area contributed by atoms with Gasteiger partial charge in [0.1, 0.15) is 5.82 Å². The quantitative estimate of drug-likeness (QED) is 0.752. The van der Waals surface area contributed by atoms with Crippen LogP contribution in [0.5, 0.6) is 0 Å². The predicted molar refractivity (Wildman–Crippen MR) is 72.0 cm³/mol. The van der Waals surface area contributed by atoms with Gasteiger partial charge in [-0.1, -0.05) is 6.07 Å². The molecule has 6 nitrogen and oxygen atoms in total. The second-order valence-corrected chi connectivity index (χ2v) is 4.04. The minimum atomic E-state index is -0.477. The lowest BCUT2D eigenvalue weighted by Gasteiger charge is -2.05. The zero-order valence-electron chi connectivity index (χ0n) is 10.2. The molecule has 0 aliphatic heterocycles. The van der Waals surface area contributed by atoms with Crippen molar-refractivity contribution in [3.63, 3.8) is 0 Å². The molecular weight excluding hydrogens is 261 g/mol. The van der Waals surface area contributed by atoms with E-state index in [9.17, 15) is 9.18 Å². The van der Waals surface area contributed by atoms with E-state index < -0.39 is 6.03 Å². The summed E-state index contributed by atoms with van der Waals surface area (Å²) in [7, 11) is 0. The number of rotatable bonds is 2. The molecule has 0 saturated carbocycles. The summed E-state index contributed by atoms with van der Waals surface area (Å²) in [4.78, 5) is 11.8. The van der Waals surface area contributed by atoms with Crippen LogP contribution in [-0.2, 0) is 0 Å². The van der Waals surface area contributed by atoms with E-state index in [0.717, 1.165) is 0 Å². The third-order valence-electron chi connectivity index (χ3n) is 2.64. The Bertz CT molecular complexity index is 753. The van der Waals surface area contributed by atoms with Crippen molar-refractivity contribution in [3.05, 3.63) is 54.5 Å². The maximum absolute atomic E-state index is 12.8. The first-order valence-electron chi connectivity index (χ1n) is 5.86. The summed E-state index contributed by atoms with van der Waals surface area (Å²) in [6.45, 7) is 0. The van der Waals surface area contributed by atoms with Crippen LogP contribution < -0.4 is 10.6 Å². The first-order chi connectivity index (χ1) is 9.72. The fourth-order valence-electron chi connectivity index (χ4n) is 1.72. The first-order valence-corrected chi connectivity index (χ1v) is 5.86. The van der Waals surface area contributed by atoms with Crippen LogP contribution in [0.15, 0.2) is 48.7 Å². The largest absolute Gasteiger partial charge is 0.326 e. The maximum atomic E-state index is 12.8. The van der Waals surface area contributed by atoms with Gasteiger partial charge < -0.3 is 5.32 Å². The second-order valence-electron chi connectivity index (χ2n) is 4.04. The summed E-state index contributed by atoms with van der Waals surface area (Å²) in [5, 5.41) is 12.9. The molecule has 7 heteroatoms. The average Bonchev–Trinajstić information content (AvgIpc) is 2.85. The van der Waals surface area contributed by atoms with Crippen molar-refractivity contribution < 1.29 is 9.18 Å². The van der Waals surface area contributed by atoms with E-state index in [4.69, 9.17) is 0 Å². The van der Waals surface area contributed by atoms with Crippen molar-refractivity contribution in [2.24, 2.45) is 0 Å². The van der Waals surface area contributed by atoms with Crippen molar-refractivity contribution in [3.8, 4) is 0 Å². The molecule has 3 rings (SSSR count). The third kappa shape index (κ3) is 2.41. The van der Waals surface area contributed by atoms with Gasteiger partial charge in [-0.15, -0.1) is 10.2 Å². The summed E-state index contributed by atoms with van der Waals surface area (Å²) >= 11 is 0. The highest BCUT2D eigenvalue weighted by atomic mass is 19.1. The van der Waals surface area contributed by atoms with E-state index in [-0.39, 0.29) is 5.82 Å². The number of amides is 2. The Balaban J connectivity index is 1.74. The second kappa shape index (κ2) is 4.96. The van der Waals surface area contributed by atoms with Crippen LogP contribution in [0, 0.1) is 5.82 Å². The van der Waals surface area contributed by atoms with Crippen molar-refractivity contribution >= 4 is 23.3 Å². The number of carbonyl (C=O) groups excluding carboxylic acids is 1. The lowest BCUT2D eigenvalue weighted by atomic mass is 10.3. The van der Waals surface area contributed by atoms with Gasteiger partial charge in [0, 0.05) is 11.9 Å². The molecule has 0 bridgehead atoms. The molecule has 2 aromatic heterocycles. The summed E-state index contributed by atoms with van der Waals surface area (Å²) < 4.78 is 14.4. The van der Waals surface area contributed by atoms with Crippen LogP contribution in [0.1, 0.15) is 0 Å². The van der Waals surface area contributed by atoms with Gasteiger partial charge >= 0.3 is 6.03 Å². The number of nitrogens with zero attached hydrogens (tertiary/aromatic N) is 3. The predicted octanol–water partition coefficient (Wildman–Crippen LogP) is 2.51. The molecule has 0 aliphatic rings. The third-order valence-corrected chi connectivity index (χ3v) is 2.64. The van der Waals surface area contributed by atoms with Gasteiger partial charge in [0.25, 0.3) is 0 Å². The van der Waals surface area contributed by atoms with Crippen LogP contribution in [0.25, 0.3) is 5.65 Å². The molecule has 0 unspecified atom stereocenters. The molecule has 3 aromatic rings. The van der Waals surface area contributed by atoms with Crippen molar-refractivity contribution in [1.82, 2.24) is 14.6 Å². The number of hydrogen-bond donors (Lipinski definition) is 2. The van der Waals surface area contributed by atoms with Crippen LogP contribution in [0.2, 0.25) is 0 Å². The SMILES string of the molecule is O=C(Nc1ccc(F)cc1)Nc1nnc2ccccn12. The molecule has 0 radical (unpaired) electrons. The summed E-state index contributed by atoms with van der Waals surface area (Å²) in [6, 6.07) is 10.4. The number of halogens is 1. The van der Waals surface area contributed by atoms with Crippen molar-refractivity contribution in [2.75, 3.05) is 10.6 Å². The smallest absolute Gasteiger partial charge is 0.308 e. The lowest BCUT2D eigenvalue weighted by molar-refractivity contribution is 0.262. The van der Waals surface area contributed by atoms with Crippen molar-refractivity contribution in [2.45, 2.75) is 0 Å². The minimum Gasteiger partial charge on any atom is -0.308 e. The Morgan fingerprint density at radius 2 is 1.85 bits per heavy atom. The lowest BCUT2D eigenvalue weighted by Crippen LogP contribution is -2.20. The molecular formula is C13H10FN5O. The highest BCUT2D eigenvalue weighted by Crippen LogP contribution is 2.10. The zero-order valence-corrected chi connectivity index (χ0v) is 10.2. The molecule has 2 heterocycles. The van der Waals surface area contributed by atoms with Gasteiger partial charge in [-0.05, 0) is 36.4 Å². The Morgan fingerprint density at radius 1 is 1.05 bits per heavy atom. The Hall–Kier alpha value is -2.96. The number of benzene rings is 1. The Morgan fingerprint density at radius 3 is 2.65 bits per heavy atom. The van der Waals surface area contributed by atoms with Gasteiger partial charge in [-0.3, -0.25) is 9.72 Å². The average molecular weight is 271 g/mol. The molecule has 2 amide bonds. The fraction of sp³-hybridized carbons (Fsp3) is 0. The number of pyridine rings is 1. The Labute approximate surface area is 113 Å². The van der Waals surface area contributed by atoms with Crippen LogP contribution in [0.4, 0.5) is 20.8 Å². The topological polar surface area (TPSA) is 71.3 Å². The number of aromatic nitrogens is 3. The number of anilines is 2. The summed E-state index contributed by atoms with van der Waals surface area (Å²) in [6.07, 6.45) is 1.74. The maximum Gasteiger partial charge on any atom is 0.326 e. The molecule has 20 heavy (non-hydrogen) atoms. The first kappa shape index (κ1) is 12.1. The monoisotopic (exact) mass is 271 g/mol. The van der Waals surface area contributed by atoms with Gasteiger partial charge in [0.05, 0.1) is 0 Å². The zero-order chi connectivity index (χ0) is 13.9. The van der Waals surface area contributed by atoms with E-state index in [0.29, 0.717) is 17.3 Å². The molecule has 1 aromatic carbocycles. The molecule has 0 aliphatic carbocycles. The van der Waals surface area contributed by atoms with Crippen LogP contribution in [-0.4, -0.2) is 20.6 Å². The van der Waals surface area contributed by atoms with Crippen LogP contribution >= 0.6 is 0 Å². The van der Waals surface area contributed by atoms with Crippen LogP contribution in [0.3, 0.4) is 0 Å². The number of nitrogens with one attached hydrogen (secondary N) is 2. The van der Waals surface area contributed by atoms with E-state index in [1.54, 1.807) is 22.7 Å². The molecule has 100 valence electrons. The normalized spacial score (nSPS) is 10.4. The molecule has 0 spiro atoms. The van der Waals surface area contributed by atoms with E-state index in [2.05, 4.69) is 20.8 Å². The molecule has 0 atom stereocenters. The summed E-state index contributed by atoms with van der Waals surface area (Å²) in [5.41, 5.74) is 1.11. The standard InChI is InChI=1S/C13H10FN5O/c14-9-4-6-10(7-5-9)15-13(20)16-12-18-17-11-3-1-2-8-19(11)12/h1-8H,(H2,15,16,18,20). The fourth-order valence-corrected chi connectivity index (χ4v) is 1.72. The van der Waals surface area contributed by atoms with Gasteiger partial charge in [0.2, 0.25) is 5.95 Å². The highest BCUT2D eigenvalue weighted by molar-refractivity contribution is 5.98. The number of fused-ring (bicyclic) bond motifs is 1. The van der Waals surface area contributed by atoms with Gasteiger partial charge in [-0.2, -0.15) is 0 Å². The number of urea groups is 1. The Kier molecular flexibility index (Phi) is 3.00. The molecule has 0 saturated heterocycles. The highest BCUT2D eigenvalue weighted by Gasteiger charge is 2.08. The van der Waals surface area contributed by atoms with E-state index >= 15 is 0 Å². The van der Waals surface area contributed by atoms with Gasteiger partial charge in [0.15, 0.2) is 5.65 Å². The number of hydrogen-bond acceptors (Lipinski definition) is 3. The van der Waals surface area contributed by atoms with E-state index in [1.807, 2.05) is 6.07 Å². The minimum absolute atomic E-state index is 0.306. The van der Waals surface area contributed by atoms with E-state index in [1.165, 1.54) is 24.3 Å². The summed E-state index contributed by atoms with van der Waals surface area (Å²) in [5.74, 6) is -0.0559. The number of carbonyl (C=O) groups is 1. The van der Waals surface area contributed by atoms with Crippen molar-refractivity contribution in [1.29, 1.82) is 0 Å². The van der Waals surface area contributed by atoms with Gasteiger partial charge in [-0.25, -0.2) is 9.18 Å². The molecule has 2 N–H and O–H groups in total. The molecule has 0 fully saturated rings.